The van der Waals surface area contributed by atoms with Gasteiger partial charge in [-0.3, -0.25) is 0 Å². The quantitative estimate of drug-likeness (QED) is 0.491. The van der Waals surface area contributed by atoms with Gasteiger partial charge < -0.3 is 20.1 Å². The van der Waals surface area contributed by atoms with Crippen molar-refractivity contribution in [2.45, 2.75) is 76.6 Å². The molecule has 0 aliphatic heterocycles. The molecule has 0 bridgehead atoms. The second kappa shape index (κ2) is 13.7. The van der Waals surface area contributed by atoms with E-state index >= 15 is 0 Å². The molecule has 1 aliphatic carbocycles. The van der Waals surface area contributed by atoms with Gasteiger partial charge in [0.2, 0.25) is 0 Å². The standard InChI is InChI=1S/C22H34O4/c1-18(23)12-11-17-22(26)21(25)16-10-5-3-2-4-9-15-20(24)19-13-7-6-8-14-19/h2-5,9-10,15-16,19-22,24-26H,6-8,11-14,17H2,1H3/b4-2-,5-3+,15-9+,16-10+/t20?,21-,22+/m1/s1. The topological polar surface area (TPSA) is 77.8 Å². The maximum Gasteiger partial charge on any atom is 0.129 e. The number of Topliss-reactive ketones (excluding diaryl/α,β-unsaturated/α-hetero) is 1. The molecule has 26 heavy (non-hydrogen) atoms. The summed E-state index contributed by atoms with van der Waals surface area (Å²) in [7, 11) is 0. The molecule has 146 valence electrons. The van der Waals surface area contributed by atoms with Crippen molar-refractivity contribution >= 4 is 5.78 Å². The van der Waals surface area contributed by atoms with Gasteiger partial charge in [0.15, 0.2) is 0 Å². The van der Waals surface area contributed by atoms with Crippen LogP contribution >= 0.6 is 0 Å². The van der Waals surface area contributed by atoms with Crippen molar-refractivity contribution in [1.82, 2.24) is 0 Å². The molecule has 0 spiro atoms. The van der Waals surface area contributed by atoms with E-state index in [4.69, 9.17) is 0 Å². The number of allylic oxidation sites excluding steroid dienone is 6. The number of carbonyl (C=O) groups excluding carboxylic acids is 1. The SMILES string of the molecule is CC(=O)CCC[C@H](O)[C@H](O)/C=C/C=C/C=C\C=C\C(O)C1CCCCC1. The number of hydrogen-bond donors (Lipinski definition) is 3. The zero-order valence-corrected chi connectivity index (χ0v) is 15.8. The van der Waals surface area contributed by atoms with Crippen molar-refractivity contribution in [3.63, 3.8) is 0 Å². The third-order valence-corrected chi connectivity index (χ3v) is 4.73. The summed E-state index contributed by atoms with van der Waals surface area (Å²) in [6.07, 6.45) is 19.5. The number of carbonyl (C=O) groups is 1. The smallest absolute Gasteiger partial charge is 0.129 e. The van der Waals surface area contributed by atoms with Crippen LogP contribution in [0.1, 0.15) is 58.3 Å². The Morgan fingerprint density at radius 3 is 2.12 bits per heavy atom. The molecule has 1 saturated carbocycles. The van der Waals surface area contributed by atoms with Crippen molar-refractivity contribution in [1.29, 1.82) is 0 Å². The molecule has 4 heteroatoms. The number of ketones is 1. The highest BCUT2D eigenvalue weighted by Gasteiger charge is 2.19. The van der Waals surface area contributed by atoms with E-state index in [0.29, 0.717) is 25.2 Å². The molecule has 1 unspecified atom stereocenters. The largest absolute Gasteiger partial charge is 0.390 e. The van der Waals surface area contributed by atoms with Crippen LogP contribution in [0.4, 0.5) is 0 Å². The summed E-state index contributed by atoms with van der Waals surface area (Å²) >= 11 is 0. The molecular weight excluding hydrogens is 328 g/mol. The lowest BCUT2D eigenvalue weighted by molar-refractivity contribution is -0.117. The molecule has 0 radical (unpaired) electrons. The zero-order valence-electron chi connectivity index (χ0n) is 15.8. The number of rotatable bonds is 11. The van der Waals surface area contributed by atoms with Crippen LogP contribution in [0.5, 0.6) is 0 Å². The first kappa shape index (κ1) is 22.6. The van der Waals surface area contributed by atoms with E-state index in [1.54, 1.807) is 12.2 Å². The van der Waals surface area contributed by atoms with Crippen LogP contribution in [-0.2, 0) is 4.79 Å². The Morgan fingerprint density at radius 1 is 0.923 bits per heavy atom. The van der Waals surface area contributed by atoms with Gasteiger partial charge in [-0.05, 0) is 38.5 Å². The maximum atomic E-state index is 10.8. The normalized spacial score (nSPS) is 20.5. The minimum atomic E-state index is -0.930. The minimum Gasteiger partial charge on any atom is -0.390 e. The fourth-order valence-corrected chi connectivity index (χ4v) is 3.10. The van der Waals surface area contributed by atoms with E-state index in [1.165, 1.54) is 32.3 Å². The lowest BCUT2D eigenvalue weighted by atomic mass is 9.85. The van der Waals surface area contributed by atoms with Crippen LogP contribution in [0.2, 0.25) is 0 Å². The van der Waals surface area contributed by atoms with Gasteiger partial charge in [-0.15, -0.1) is 0 Å². The molecule has 0 heterocycles. The summed E-state index contributed by atoms with van der Waals surface area (Å²) in [5, 5.41) is 29.7. The third-order valence-electron chi connectivity index (χ3n) is 4.73. The van der Waals surface area contributed by atoms with Gasteiger partial charge in [0, 0.05) is 6.42 Å². The van der Waals surface area contributed by atoms with Gasteiger partial charge in [-0.25, -0.2) is 0 Å². The van der Waals surface area contributed by atoms with Crippen molar-refractivity contribution in [3.05, 3.63) is 48.6 Å². The highest BCUT2D eigenvalue weighted by atomic mass is 16.3. The maximum absolute atomic E-state index is 10.8. The van der Waals surface area contributed by atoms with Crippen LogP contribution in [-0.4, -0.2) is 39.4 Å². The van der Waals surface area contributed by atoms with Gasteiger partial charge in [0.25, 0.3) is 0 Å². The Bertz CT molecular complexity index is 498. The predicted octanol–water partition coefficient (Wildman–Crippen LogP) is 3.63. The van der Waals surface area contributed by atoms with Crippen molar-refractivity contribution in [2.75, 3.05) is 0 Å². The molecule has 0 aromatic heterocycles. The van der Waals surface area contributed by atoms with E-state index in [1.807, 2.05) is 30.4 Å². The molecule has 0 amide bonds. The van der Waals surface area contributed by atoms with Gasteiger partial charge in [0.05, 0.1) is 18.3 Å². The van der Waals surface area contributed by atoms with Gasteiger partial charge >= 0.3 is 0 Å². The highest BCUT2D eigenvalue weighted by molar-refractivity contribution is 5.75. The lowest BCUT2D eigenvalue weighted by Gasteiger charge is -2.24. The molecule has 1 fully saturated rings. The first-order valence-electron chi connectivity index (χ1n) is 9.72. The number of aliphatic hydroxyl groups excluding tert-OH is 3. The number of aliphatic hydroxyl groups is 3. The second-order valence-corrected chi connectivity index (χ2v) is 7.08. The molecular formula is C22H34O4. The average molecular weight is 363 g/mol. The van der Waals surface area contributed by atoms with Crippen molar-refractivity contribution in [2.24, 2.45) is 5.92 Å². The van der Waals surface area contributed by atoms with E-state index in [0.717, 1.165) is 12.8 Å². The first-order valence-corrected chi connectivity index (χ1v) is 9.72. The Hall–Kier alpha value is -1.49. The van der Waals surface area contributed by atoms with Crippen LogP contribution in [0.25, 0.3) is 0 Å². The molecule has 0 saturated heterocycles. The van der Waals surface area contributed by atoms with E-state index in [2.05, 4.69) is 0 Å². The third kappa shape index (κ3) is 10.5. The van der Waals surface area contributed by atoms with Crippen LogP contribution in [0.3, 0.4) is 0 Å². The molecule has 3 atom stereocenters. The fourth-order valence-electron chi connectivity index (χ4n) is 3.10. The first-order chi connectivity index (χ1) is 12.5. The van der Waals surface area contributed by atoms with E-state index < -0.39 is 12.2 Å². The summed E-state index contributed by atoms with van der Waals surface area (Å²) in [5.74, 6) is 0.493. The molecule has 3 N–H and O–H groups in total. The second-order valence-electron chi connectivity index (χ2n) is 7.08. The summed E-state index contributed by atoms with van der Waals surface area (Å²) in [6.45, 7) is 1.52. The summed E-state index contributed by atoms with van der Waals surface area (Å²) in [5.41, 5.74) is 0. The highest BCUT2D eigenvalue weighted by Crippen LogP contribution is 2.26. The summed E-state index contributed by atoms with van der Waals surface area (Å²) < 4.78 is 0. The van der Waals surface area contributed by atoms with Gasteiger partial charge in [-0.1, -0.05) is 67.9 Å². The molecule has 4 nitrogen and oxygen atoms in total. The molecule has 1 aliphatic rings. The van der Waals surface area contributed by atoms with E-state index in [-0.39, 0.29) is 11.9 Å². The van der Waals surface area contributed by atoms with Gasteiger partial charge in [-0.2, -0.15) is 0 Å². The Morgan fingerprint density at radius 2 is 1.50 bits per heavy atom. The number of hydrogen-bond acceptors (Lipinski definition) is 4. The van der Waals surface area contributed by atoms with Crippen LogP contribution in [0.15, 0.2) is 48.6 Å². The van der Waals surface area contributed by atoms with Crippen LogP contribution < -0.4 is 0 Å². The van der Waals surface area contributed by atoms with Crippen LogP contribution in [0, 0.1) is 5.92 Å². The fraction of sp³-hybridized carbons (Fsp3) is 0.591. The van der Waals surface area contributed by atoms with E-state index in [9.17, 15) is 20.1 Å². The minimum absolute atomic E-state index is 0.0947. The molecule has 1 rings (SSSR count). The summed E-state index contributed by atoms with van der Waals surface area (Å²) in [6, 6.07) is 0. The molecule has 0 aromatic rings. The Labute approximate surface area is 157 Å². The van der Waals surface area contributed by atoms with Crippen molar-refractivity contribution < 1.29 is 20.1 Å². The average Bonchev–Trinajstić information content (AvgIpc) is 2.63. The predicted molar refractivity (Wildman–Crippen MR) is 106 cm³/mol. The Kier molecular flexibility index (Phi) is 11.9. The zero-order chi connectivity index (χ0) is 19.2. The lowest BCUT2D eigenvalue weighted by Crippen LogP contribution is -2.23. The molecule has 0 aromatic carbocycles. The van der Waals surface area contributed by atoms with Gasteiger partial charge in [0.1, 0.15) is 5.78 Å². The summed E-state index contributed by atoms with van der Waals surface area (Å²) in [4.78, 5) is 10.8. The Balaban J connectivity index is 2.23. The monoisotopic (exact) mass is 362 g/mol. The van der Waals surface area contributed by atoms with Crippen molar-refractivity contribution in [3.8, 4) is 0 Å².